The van der Waals surface area contributed by atoms with Crippen molar-refractivity contribution in [3.8, 4) is 16.6 Å². The van der Waals surface area contributed by atoms with Crippen LogP contribution in [0.5, 0.6) is 0 Å². The fourth-order valence-electron chi connectivity index (χ4n) is 3.53. The van der Waals surface area contributed by atoms with Crippen molar-refractivity contribution < 1.29 is 22.4 Å². The predicted octanol–water partition coefficient (Wildman–Crippen LogP) is 3.94. The van der Waals surface area contributed by atoms with Gasteiger partial charge in [0.25, 0.3) is 5.91 Å². The highest BCUT2D eigenvalue weighted by Gasteiger charge is 2.29. The van der Waals surface area contributed by atoms with E-state index in [4.69, 9.17) is 5.26 Å². The van der Waals surface area contributed by atoms with Crippen molar-refractivity contribution in [3.05, 3.63) is 80.5 Å². The zero-order valence-corrected chi connectivity index (χ0v) is 19.8. The molecule has 7 nitrogen and oxygen atoms in total. The van der Waals surface area contributed by atoms with Crippen molar-refractivity contribution in [2.24, 2.45) is 0 Å². The fourth-order valence-corrected chi connectivity index (χ4v) is 5.98. The molecule has 34 heavy (non-hydrogen) atoms. The first-order valence-electron chi connectivity index (χ1n) is 10.1. The van der Waals surface area contributed by atoms with Gasteiger partial charge in [-0.1, -0.05) is 0 Å². The molecule has 0 radical (unpaired) electrons. The van der Waals surface area contributed by atoms with Crippen LogP contribution in [-0.2, 0) is 27.6 Å². The number of carbonyl (C=O) groups is 2. The molecule has 0 unspecified atom stereocenters. The second kappa shape index (κ2) is 8.93. The molecule has 0 fully saturated rings. The Hall–Kier alpha value is -3.68. The summed E-state index contributed by atoms with van der Waals surface area (Å²) < 4.78 is 39.8. The Labute approximate surface area is 199 Å². The summed E-state index contributed by atoms with van der Waals surface area (Å²) in [7, 11) is -3.80. The number of nitriles is 1. The molecule has 0 aliphatic carbocycles. The van der Waals surface area contributed by atoms with Crippen LogP contribution in [0.25, 0.3) is 10.6 Å². The molecule has 0 saturated heterocycles. The number of nitrogens with zero attached hydrogens (tertiary/aromatic N) is 2. The highest BCUT2D eigenvalue weighted by Crippen LogP contribution is 2.31. The van der Waals surface area contributed by atoms with Crippen molar-refractivity contribution in [2.75, 3.05) is 0 Å². The van der Waals surface area contributed by atoms with Crippen molar-refractivity contribution in [1.82, 2.24) is 10.3 Å². The van der Waals surface area contributed by atoms with Crippen LogP contribution in [0.2, 0.25) is 0 Å². The predicted molar refractivity (Wildman–Crippen MR) is 124 cm³/mol. The topological polar surface area (TPSA) is 117 Å². The van der Waals surface area contributed by atoms with Crippen LogP contribution in [0.15, 0.2) is 58.0 Å². The van der Waals surface area contributed by atoms with E-state index in [1.54, 1.807) is 0 Å². The third-order valence-electron chi connectivity index (χ3n) is 5.62. The summed E-state index contributed by atoms with van der Waals surface area (Å²) in [5.74, 6) is -1.30. The maximum absolute atomic E-state index is 14.2. The molecule has 3 aromatic rings. The van der Waals surface area contributed by atoms with Gasteiger partial charge in [-0.05, 0) is 55.8 Å². The summed E-state index contributed by atoms with van der Waals surface area (Å²) in [4.78, 5) is 30.0. The molecular weight excluding hydrogens is 477 g/mol. The van der Waals surface area contributed by atoms with Gasteiger partial charge in [-0.2, -0.15) is 5.26 Å². The van der Waals surface area contributed by atoms with E-state index in [0.29, 0.717) is 9.88 Å². The summed E-state index contributed by atoms with van der Waals surface area (Å²) in [5, 5.41) is 12.0. The van der Waals surface area contributed by atoms with E-state index in [0.717, 1.165) is 6.07 Å². The smallest absolute Gasteiger partial charge is 0.251 e. The number of thiazole rings is 1. The summed E-state index contributed by atoms with van der Waals surface area (Å²) in [6.07, 6.45) is 1.42. The molecule has 0 atom stereocenters. The molecule has 0 saturated carbocycles. The number of Topliss-reactive ketones (excluding diaryl/α,β-unsaturated/α-hetero) is 1. The van der Waals surface area contributed by atoms with Crippen LogP contribution in [0.4, 0.5) is 4.39 Å². The molecule has 1 aliphatic heterocycles. The lowest BCUT2D eigenvalue weighted by atomic mass is 10.0. The molecule has 1 aromatic heterocycles. The molecule has 10 heteroatoms. The van der Waals surface area contributed by atoms with Crippen molar-refractivity contribution in [1.29, 1.82) is 5.26 Å². The Morgan fingerprint density at radius 1 is 1.24 bits per heavy atom. The van der Waals surface area contributed by atoms with Gasteiger partial charge in [0.05, 0.1) is 28.0 Å². The Balaban J connectivity index is 1.51. The first-order chi connectivity index (χ1) is 16.1. The SMILES string of the molecule is CC1=C(C)S(=O)(=O)c2ccc(C(=O)NCc3cnc(-c4ccc(C#N)cc4F)s3)cc2CC1=O. The molecule has 1 N–H and O–H groups in total. The molecule has 2 aromatic carbocycles. The number of fused-ring (bicyclic) bond motifs is 1. The molecule has 1 aliphatic rings. The number of sulfone groups is 1. The lowest BCUT2D eigenvalue weighted by molar-refractivity contribution is -0.114. The second-order valence-electron chi connectivity index (χ2n) is 7.73. The Morgan fingerprint density at radius 2 is 2.00 bits per heavy atom. The number of ketones is 1. The molecule has 2 heterocycles. The number of hydrogen-bond acceptors (Lipinski definition) is 7. The maximum atomic E-state index is 14.2. The number of nitrogens with one attached hydrogen (secondary N) is 1. The van der Waals surface area contributed by atoms with Crippen molar-refractivity contribution in [2.45, 2.75) is 31.7 Å². The lowest BCUT2D eigenvalue weighted by Gasteiger charge is -2.10. The van der Waals surface area contributed by atoms with E-state index in [1.165, 1.54) is 61.7 Å². The highest BCUT2D eigenvalue weighted by molar-refractivity contribution is 7.95. The lowest BCUT2D eigenvalue weighted by Crippen LogP contribution is -2.22. The summed E-state index contributed by atoms with van der Waals surface area (Å²) in [6.45, 7) is 3.02. The number of amides is 1. The summed E-state index contributed by atoms with van der Waals surface area (Å²) in [6, 6.07) is 10.2. The number of hydrogen-bond donors (Lipinski definition) is 1. The first kappa shape index (κ1) is 23.5. The molecule has 1 amide bonds. The van der Waals surface area contributed by atoms with Gasteiger partial charge in [0.2, 0.25) is 9.84 Å². The normalized spacial score (nSPS) is 14.8. The molecular formula is C24H18FN3O4S2. The van der Waals surface area contributed by atoms with Crippen LogP contribution in [-0.4, -0.2) is 25.1 Å². The zero-order valence-electron chi connectivity index (χ0n) is 18.2. The largest absolute Gasteiger partial charge is 0.347 e. The van der Waals surface area contributed by atoms with Crippen LogP contribution in [0.1, 0.15) is 40.2 Å². The minimum Gasteiger partial charge on any atom is -0.347 e. The van der Waals surface area contributed by atoms with Gasteiger partial charge >= 0.3 is 0 Å². The maximum Gasteiger partial charge on any atom is 0.251 e. The minimum atomic E-state index is -3.80. The average Bonchev–Trinajstić information content (AvgIpc) is 3.27. The molecule has 172 valence electrons. The van der Waals surface area contributed by atoms with E-state index < -0.39 is 21.6 Å². The van der Waals surface area contributed by atoms with Gasteiger partial charge in [-0.25, -0.2) is 17.8 Å². The fraction of sp³-hybridized carbons (Fsp3) is 0.167. The molecule has 4 rings (SSSR count). The average molecular weight is 496 g/mol. The number of allylic oxidation sites excluding steroid dienone is 2. The van der Waals surface area contributed by atoms with Crippen LogP contribution in [0.3, 0.4) is 0 Å². The molecule has 0 spiro atoms. The van der Waals surface area contributed by atoms with Crippen LogP contribution < -0.4 is 5.32 Å². The molecule has 0 bridgehead atoms. The number of halogens is 1. The van der Waals surface area contributed by atoms with E-state index in [2.05, 4.69) is 10.3 Å². The van der Waals surface area contributed by atoms with Gasteiger partial charge in [-0.3, -0.25) is 9.59 Å². The highest BCUT2D eigenvalue weighted by atomic mass is 32.2. The standard InChI is InChI=1S/C24H18FN3O4S2/c1-13-14(2)34(31,32)22-6-4-16(8-17(22)9-21(13)29)23(30)27-11-18-12-28-24(33-18)19-5-3-15(10-26)7-20(19)25/h3-8,12H,9,11H2,1-2H3,(H,27,30). The minimum absolute atomic E-state index is 0.0214. The zero-order chi connectivity index (χ0) is 24.6. The van der Waals surface area contributed by atoms with Gasteiger partial charge in [0.15, 0.2) is 5.78 Å². The van der Waals surface area contributed by atoms with Gasteiger partial charge in [-0.15, -0.1) is 11.3 Å². The van der Waals surface area contributed by atoms with Gasteiger partial charge < -0.3 is 5.32 Å². The number of rotatable bonds is 4. The van der Waals surface area contributed by atoms with E-state index in [-0.39, 0.29) is 56.4 Å². The van der Waals surface area contributed by atoms with E-state index in [9.17, 15) is 22.4 Å². The quantitative estimate of drug-likeness (QED) is 0.586. The number of benzene rings is 2. The number of aromatic nitrogens is 1. The van der Waals surface area contributed by atoms with Crippen LogP contribution >= 0.6 is 11.3 Å². The Morgan fingerprint density at radius 3 is 2.71 bits per heavy atom. The van der Waals surface area contributed by atoms with Gasteiger partial charge in [0, 0.05) is 34.2 Å². The Kier molecular flexibility index (Phi) is 6.17. The third kappa shape index (κ3) is 4.27. The monoisotopic (exact) mass is 495 g/mol. The first-order valence-corrected chi connectivity index (χ1v) is 12.4. The van der Waals surface area contributed by atoms with Crippen molar-refractivity contribution >= 4 is 32.9 Å². The second-order valence-corrected chi connectivity index (χ2v) is 10.9. The van der Waals surface area contributed by atoms with Gasteiger partial charge in [0.1, 0.15) is 10.8 Å². The van der Waals surface area contributed by atoms with Crippen molar-refractivity contribution in [3.63, 3.8) is 0 Å². The Bertz CT molecular complexity index is 1530. The summed E-state index contributed by atoms with van der Waals surface area (Å²) >= 11 is 1.20. The van der Waals surface area contributed by atoms with E-state index in [1.807, 2.05) is 6.07 Å². The van der Waals surface area contributed by atoms with Crippen LogP contribution in [0, 0.1) is 17.1 Å². The number of carbonyl (C=O) groups excluding carboxylic acids is 2. The third-order valence-corrected chi connectivity index (χ3v) is 8.74. The van der Waals surface area contributed by atoms with E-state index >= 15 is 0 Å². The summed E-state index contributed by atoms with van der Waals surface area (Å²) in [5.41, 5.74) is 1.17.